The number of hydrogen-bond donors (Lipinski definition) is 0. The van der Waals surface area contributed by atoms with E-state index >= 15 is 0 Å². The molecule has 300 valence electrons. The SMILES string of the molecule is c1ccc(-c2ccc3c(c2)oc2c(-c4ccccc4)ccc(N(c4ccc5c(c4)sc4ccccc45)c4ccc5oc6cc(-c7ccccc7)cc(-c7ccccc7)c6c5c4)c23)cc1. The molecule has 0 saturated carbocycles. The third-order valence-electron chi connectivity index (χ3n) is 12.7. The van der Waals surface area contributed by atoms with Crippen LogP contribution in [-0.4, -0.2) is 0 Å². The van der Waals surface area contributed by atoms with E-state index in [1.54, 1.807) is 0 Å². The largest absolute Gasteiger partial charge is 0.456 e. The molecule has 0 amide bonds. The van der Waals surface area contributed by atoms with Crippen LogP contribution in [-0.2, 0) is 0 Å². The molecule has 0 fully saturated rings. The lowest BCUT2D eigenvalue weighted by Gasteiger charge is -2.27. The van der Waals surface area contributed by atoms with Gasteiger partial charge in [-0.2, -0.15) is 0 Å². The minimum atomic E-state index is 0.841. The molecule has 13 aromatic rings. The van der Waals surface area contributed by atoms with Gasteiger partial charge in [0.2, 0.25) is 0 Å². The predicted molar refractivity (Wildman–Crippen MR) is 270 cm³/mol. The van der Waals surface area contributed by atoms with E-state index in [0.29, 0.717) is 0 Å². The first-order valence-corrected chi connectivity index (χ1v) is 22.5. The molecular weight excluding hydrogens is 799 g/mol. The predicted octanol–water partition coefficient (Wildman–Crippen LogP) is 18.0. The Morgan fingerprint density at radius 3 is 1.66 bits per heavy atom. The van der Waals surface area contributed by atoms with Gasteiger partial charge in [-0.05, 0) is 112 Å². The Kier molecular flexibility index (Phi) is 8.40. The number of benzene rings is 10. The van der Waals surface area contributed by atoms with Crippen molar-refractivity contribution in [3.05, 3.63) is 224 Å². The molecule has 0 bridgehead atoms. The minimum Gasteiger partial charge on any atom is -0.456 e. The Labute approximate surface area is 373 Å². The van der Waals surface area contributed by atoms with Crippen LogP contribution in [0.2, 0.25) is 0 Å². The van der Waals surface area contributed by atoms with Crippen LogP contribution < -0.4 is 4.90 Å². The van der Waals surface area contributed by atoms with Crippen molar-refractivity contribution < 1.29 is 8.83 Å². The molecular formula is C60H37NO2S. The fourth-order valence-electron chi connectivity index (χ4n) is 9.66. The van der Waals surface area contributed by atoms with Crippen molar-refractivity contribution in [3.8, 4) is 44.5 Å². The van der Waals surface area contributed by atoms with Crippen LogP contribution >= 0.6 is 11.3 Å². The number of thiophene rings is 1. The highest BCUT2D eigenvalue weighted by Gasteiger charge is 2.25. The van der Waals surface area contributed by atoms with E-state index in [-0.39, 0.29) is 0 Å². The summed E-state index contributed by atoms with van der Waals surface area (Å²) in [7, 11) is 0. The maximum Gasteiger partial charge on any atom is 0.145 e. The zero-order valence-electron chi connectivity index (χ0n) is 34.5. The van der Waals surface area contributed by atoms with Crippen LogP contribution in [0.15, 0.2) is 233 Å². The molecule has 0 unspecified atom stereocenters. The molecule has 3 aromatic heterocycles. The standard InChI is InChI=1S/C60H37NO2S/c1-5-15-38(16-6-1)42-25-28-49-54(34-42)63-60-46(40-19-9-3-10-20-40)30-31-52(59(49)60)61(45-26-29-48-47-23-13-14-24-56(47)64-57(48)37-45)44-27-32-53-51(36-44)58-50(41-21-11-4-12-22-41)33-43(35-55(58)62-53)39-17-7-2-8-18-39/h1-37H. The van der Waals surface area contributed by atoms with Crippen molar-refractivity contribution in [2.24, 2.45) is 0 Å². The highest BCUT2D eigenvalue weighted by molar-refractivity contribution is 7.25. The zero-order chi connectivity index (χ0) is 42.1. The van der Waals surface area contributed by atoms with E-state index in [2.05, 4.69) is 229 Å². The number of furan rings is 2. The molecule has 0 spiro atoms. The molecule has 0 aliphatic rings. The van der Waals surface area contributed by atoms with Gasteiger partial charge in [-0.15, -0.1) is 11.3 Å². The highest BCUT2D eigenvalue weighted by Crippen LogP contribution is 2.49. The molecule has 13 rings (SSSR count). The van der Waals surface area contributed by atoms with Gasteiger partial charge in [0.05, 0.1) is 11.1 Å². The first kappa shape index (κ1) is 36.5. The molecule has 0 saturated heterocycles. The first-order valence-electron chi connectivity index (χ1n) is 21.6. The summed E-state index contributed by atoms with van der Waals surface area (Å²) in [6, 6.07) is 80.3. The molecule has 0 aliphatic heterocycles. The second kappa shape index (κ2) is 14.7. The monoisotopic (exact) mass is 835 g/mol. The van der Waals surface area contributed by atoms with E-state index in [0.717, 1.165) is 105 Å². The van der Waals surface area contributed by atoms with Gasteiger partial charge in [0.15, 0.2) is 0 Å². The van der Waals surface area contributed by atoms with E-state index < -0.39 is 0 Å². The smallest absolute Gasteiger partial charge is 0.145 e. The van der Waals surface area contributed by atoms with Crippen LogP contribution in [0.3, 0.4) is 0 Å². The van der Waals surface area contributed by atoms with Gasteiger partial charge >= 0.3 is 0 Å². The van der Waals surface area contributed by atoms with Crippen molar-refractivity contribution in [2.45, 2.75) is 0 Å². The van der Waals surface area contributed by atoms with Crippen LogP contribution in [0, 0.1) is 0 Å². The van der Waals surface area contributed by atoms with E-state index in [9.17, 15) is 0 Å². The quantitative estimate of drug-likeness (QED) is 0.160. The van der Waals surface area contributed by atoms with Gasteiger partial charge in [-0.1, -0.05) is 152 Å². The van der Waals surface area contributed by atoms with Gasteiger partial charge in [-0.3, -0.25) is 0 Å². The maximum atomic E-state index is 7.06. The summed E-state index contributed by atoms with van der Waals surface area (Å²) in [6.45, 7) is 0. The second-order valence-electron chi connectivity index (χ2n) is 16.4. The van der Waals surface area contributed by atoms with Crippen LogP contribution in [0.25, 0.3) is 109 Å². The fourth-order valence-corrected chi connectivity index (χ4v) is 10.8. The van der Waals surface area contributed by atoms with Gasteiger partial charge in [0, 0.05) is 53.3 Å². The summed E-state index contributed by atoms with van der Waals surface area (Å²) in [5.41, 5.74) is 15.5. The number of anilines is 3. The Hall–Kier alpha value is -8.18. The summed E-state index contributed by atoms with van der Waals surface area (Å²) < 4.78 is 16.4. The summed E-state index contributed by atoms with van der Waals surface area (Å²) in [5, 5.41) is 6.80. The minimum absolute atomic E-state index is 0.841. The van der Waals surface area contributed by atoms with Crippen LogP contribution in [0.1, 0.15) is 0 Å². The van der Waals surface area contributed by atoms with E-state index in [4.69, 9.17) is 8.83 Å². The second-order valence-corrected chi connectivity index (χ2v) is 17.5. The van der Waals surface area contributed by atoms with E-state index in [1.807, 2.05) is 11.3 Å². The lowest BCUT2D eigenvalue weighted by atomic mass is 9.94. The highest BCUT2D eigenvalue weighted by atomic mass is 32.1. The molecule has 3 nitrogen and oxygen atoms in total. The van der Waals surface area contributed by atoms with Crippen molar-refractivity contribution in [2.75, 3.05) is 4.90 Å². The molecule has 0 N–H and O–H groups in total. The number of fused-ring (bicyclic) bond motifs is 9. The van der Waals surface area contributed by atoms with Gasteiger partial charge in [-0.25, -0.2) is 0 Å². The molecule has 3 heterocycles. The molecule has 0 atom stereocenters. The number of hydrogen-bond acceptors (Lipinski definition) is 4. The zero-order valence-corrected chi connectivity index (χ0v) is 35.4. The summed E-state index contributed by atoms with van der Waals surface area (Å²) in [5.74, 6) is 0. The van der Waals surface area contributed by atoms with E-state index in [1.165, 1.54) is 20.2 Å². The Bertz CT molecular complexity index is 3890. The lowest BCUT2D eigenvalue weighted by molar-refractivity contribution is 0.669. The van der Waals surface area contributed by atoms with Crippen molar-refractivity contribution >= 4 is 92.4 Å². The molecule has 0 aliphatic carbocycles. The third kappa shape index (κ3) is 5.95. The number of rotatable bonds is 7. The Balaban J connectivity index is 1.09. The third-order valence-corrected chi connectivity index (χ3v) is 13.8. The average Bonchev–Trinajstić information content (AvgIpc) is 4.06. The lowest BCUT2D eigenvalue weighted by Crippen LogP contribution is -2.10. The van der Waals surface area contributed by atoms with Crippen molar-refractivity contribution in [3.63, 3.8) is 0 Å². The average molecular weight is 836 g/mol. The maximum absolute atomic E-state index is 7.06. The summed E-state index contributed by atoms with van der Waals surface area (Å²) >= 11 is 1.84. The fraction of sp³-hybridized carbons (Fsp3) is 0. The first-order chi connectivity index (χ1) is 31.7. The molecule has 64 heavy (non-hydrogen) atoms. The molecule has 4 heteroatoms. The topological polar surface area (TPSA) is 29.5 Å². The van der Waals surface area contributed by atoms with Gasteiger partial charge < -0.3 is 13.7 Å². The van der Waals surface area contributed by atoms with Crippen molar-refractivity contribution in [1.29, 1.82) is 0 Å². The molecule has 0 radical (unpaired) electrons. The van der Waals surface area contributed by atoms with Crippen LogP contribution in [0.5, 0.6) is 0 Å². The van der Waals surface area contributed by atoms with Crippen LogP contribution in [0.4, 0.5) is 17.1 Å². The van der Waals surface area contributed by atoms with Gasteiger partial charge in [0.25, 0.3) is 0 Å². The normalized spacial score (nSPS) is 11.8. The Morgan fingerprint density at radius 2 is 0.906 bits per heavy atom. The molecule has 10 aromatic carbocycles. The number of nitrogens with zero attached hydrogens (tertiary/aromatic N) is 1. The summed E-state index contributed by atoms with van der Waals surface area (Å²) in [4.78, 5) is 2.42. The summed E-state index contributed by atoms with van der Waals surface area (Å²) in [6.07, 6.45) is 0. The Morgan fingerprint density at radius 1 is 0.312 bits per heavy atom. The van der Waals surface area contributed by atoms with Crippen molar-refractivity contribution in [1.82, 2.24) is 0 Å². The van der Waals surface area contributed by atoms with Gasteiger partial charge in [0.1, 0.15) is 22.3 Å².